The van der Waals surface area contributed by atoms with Gasteiger partial charge in [-0.1, -0.05) is 6.07 Å². The van der Waals surface area contributed by atoms with Crippen LogP contribution in [0.15, 0.2) is 36.7 Å². The Labute approximate surface area is 114 Å². The van der Waals surface area contributed by atoms with Crippen molar-refractivity contribution < 1.29 is 4.74 Å². The first kappa shape index (κ1) is 13.7. The van der Waals surface area contributed by atoms with Crippen LogP contribution in [-0.2, 0) is 0 Å². The molecule has 3 nitrogen and oxygen atoms in total. The molecule has 0 aliphatic carbocycles. The highest BCUT2D eigenvalue weighted by atomic mass is 16.5. The molecule has 102 valence electrons. The molecule has 1 heterocycles. The second-order valence-electron chi connectivity index (χ2n) is 4.98. The van der Waals surface area contributed by atoms with Gasteiger partial charge in [-0.3, -0.25) is 0 Å². The van der Waals surface area contributed by atoms with Crippen LogP contribution in [0.1, 0.15) is 29.0 Å². The Morgan fingerprint density at radius 1 is 1.21 bits per heavy atom. The lowest BCUT2D eigenvalue weighted by atomic mass is 9.99. The minimum Gasteiger partial charge on any atom is -0.493 e. The lowest BCUT2D eigenvalue weighted by Gasteiger charge is -2.16. The van der Waals surface area contributed by atoms with Crippen molar-refractivity contribution >= 4 is 0 Å². The Bertz CT molecular complexity index is 505. The Balaban J connectivity index is 2.00. The summed E-state index contributed by atoms with van der Waals surface area (Å²) in [6.45, 7) is 5.55. The molecule has 19 heavy (non-hydrogen) atoms. The number of aromatic nitrogens is 1. The number of H-pyrrole nitrogens is 1. The van der Waals surface area contributed by atoms with Gasteiger partial charge >= 0.3 is 0 Å². The first-order valence-corrected chi connectivity index (χ1v) is 6.73. The van der Waals surface area contributed by atoms with Gasteiger partial charge in [0.05, 0.1) is 6.61 Å². The van der Waals surface area contributed by atoms with Crippen molar-refractivity contribution in [2.45, 2.75) is 26.2 Å². The second-order valence-corrected chi connectivity index (χ2v) is 4.98. The molecule has 0 saturated carbocycles. The predicted octanol–water partition coefficient (Wildman–Crippen LogP) is 3.14. The Hall–Kier alpha value is -1.74. The Morgan fingerprint density at radius 3 is 2.68 bits per heavy atom. The van der Waals surface area contributed by atoms with E-state index in [-0.39, 0.29) is 0 Å². The largest absolute Gasteiger partial charge is 0.493 e. The average molecular weight is 258 g/mol. The number of nitrogens with two attached hydrogens (primary N) is 1. The van der Waals surface area contributed by atoms with Gasteiger partial charge in [0.15, 0.2) is 0 Å². The highest BCUT2D eigenvalue weighted by Gasteiger charge is 2.12. The number of aryl methyl sites for hydroxylation is 2. The molecule has 0 aliphatic rings. The van der Waals surface area contributed by atoms with E-state index in [1.54, 1.807) is 0 Å². The van der Waals surface area contributed by atoms with Crippen molar-refractivity contribution in [2.24, 2.45) is 5.73 Å². The maximum Gasteiger partial charge on any atom is 0.119 e. The highest BCUT2D eigenvalue weighted by Crippen LogP contribution is 2.22. The van der Waals surface area contributed by atoms with Crippen molar-refractivity contribution in [1.82, 2.24) is 4.98 Å². The van der Waals surface area contributed by atoms with Crippen LogP contribution in [-0.4, -0.2) is 18.1 Å². The van der Waals surface area contributed by atoms with E-state index in [2.05, 4.69) is 37.0 Å². The second kappa shape index (κ2) is 6.43. The van der Waals surface area contributed by atoms with Gasteiger partial charge in [-0.05, 0) is 61.7 Å². The summed E-state index contributed by atoms with van der Waals surface area (Å²) < 4.78 is 5.91. The quantitative estimate of drug-likeness (QED) is 0.836. The third-order valence-corrected chi connectivity index (χ3v) is 3.54. The molecular formula is C16H22N2O. The van der Waals surface area contributed by atoms with Crippen LogP contribution >= 0.6 is 0 Å². The summed E-state index contributed by atoms with van der Waals surface area (Å²) in [6, 6.07) is 8.30. The first-order chi connectivity index (χ1) is 9.20. The van der Waals surface area contributed by atoms with Crippen molar-refractivity contribution in [2.75, 3.05) is 13.2 Å². The van der Waals surface area contributed by atoms with Crippen LogP contribution in [0, 0.1) is 13.8 Å². The number of aromatic amines is 1. The summed E-state index contributed by atoms with van der Waals surface area (Å²) in [5, 5.41) is 0. The van der Waals surface area contributed by atoms with Gasteiger partial charge in [0, 0.05) is 18.3 Å². The summed E-state index contributed by atoms with van der Waals surface area (Å²) in [7, 11) is 0. The zero-order valence-electron chi connectivity index (χ0n) is 11.6. The van der Waals surface area contributed by atoms with Crippen molar-refractivity contribution in [1.29, 1.82) is 0 Å². The summed E-state index contributed by atoms with van der Waals surface area (Å²) in [5.41, 5.74) is 9.49. The van der Waals surface area contributed by atoms with Gasteiger partial charge in [0.2, 0.25) is 0 Å². The lowest BCUT2D eigenvalue weighted by Crippen LogP contribution is -2.14. The number of rotatable bonds is 6. The van der Waals surface area contributed by atoms with Crippen LogP contribution in [0.4, 0.5) is 0 Å². The topological polar surface area (TPSA) is 51.0 Å². The molecule has 0 bridgehead atoms. The molecule has 0 saturated heterocycles. The minimum atomic E-state index is 0.345. The maximum atomic E-state index is 5.91. The fraction of sp³-hybridized carbons (Fsp3) is 0.375. The predicted molar refractivity (Wildman–Crippen MR) is 78.6 cm³/mol. The van der Waals surface area contributed by atoms with E-state index >= 15 is 0 Å². The molecule has 1 unspecified atom stereocenters. The molecule has 0 fully saturated rings. The molecule has 0 amide bonds. The number of hydrogen-bond acceptors (Lipinski definition) is 2. The van der Waals surface area contributed by atoms with E-state index in [1.165, 1.54) is 16.7 Å². The monoisotopic (exact) mass is 258 g/mol. The molecule has 0 spiro atoms. The fourth-order valence-corrected chi connectivity index (χ4v) is 2.14. The van der Waals surface area contributed by atoms with Crippen LogP contribution in [0.5, 0.6) is 5.75 Å². The number of ether oxygens (including phenoxy) is 1. The van der Waals surface area contributed by atoms with E-state index in [0.29, 0.717) is 19.1 Å². The molecule has 1 aromatic heterocycles. The van der Waals surface area contributed by atoms with E-state index in [9.17, 15) is 0 Å². The molecule has 0 radical (unpaired) electrons. The molecule has 2 aromatic rings. The van der Waals surface area contributed by atoms with Crippen molar-refractivity contribution in [3.63, 3.8) is 0 Å². The Morgan fingerprint density at radius 2 is 2.05 bits per heavy atom. The molecule has 2 rings (SSSR count). The maximum absolute atomic E-state index is 5.91. The first-order valence-electron chi connectivity index (χ1n) is 6.73. The van der Waals surface area contributed by atoms with Gasteiger partial charge in [-0.15, -0.1) is 0 Å². The molecule has 3 heteroatoms. The highest BCUT2D eigenvalue weighted by molar-refractivity contribution is 5.33. The third-order valence-electron chi connectivity index (χ3n) is 3.54. The smallest absolute Gasteiger partial charge is 0.119 e. The standard InChI is InChI=1S/C16H22N2O/c1-12-3-4-16(9-13(12)2)19-11-15(5-7-17)14-6-8-18-10-14/h3-4,6,8-10,15,18H,5,7,11,17H2,1-2H3. The van der Waals surface area contributed by atoms with Crippen LogP contribution in [0.2, 0.25) is 0 Å². The fourth-order valence-electron chi connectivity index (χ4n) is 2.14. The van der Waals surface area contributed by atoms with Crippen molar-refractivity contribution in [3.8, 4) is 5.75 Å². The van der Waals surface area contributed by atoms with Gasteiger partial charge in [0.1, 0.15) is 5.75 Å². The molecule has 3 N–H and O–H groups in total. The minimum absolute atomic E-state index is 0.345. The summed E-state index contributed by atoms with van der Waals surface area (Å²) in [4.78, 5) is 3.09. The van der Waals surface area contributed by atoms with Crippen LogP contribution in [0.3, 0.4) is 0 Å². The van der Waals surface area contributed by atoms with E-state index in [1.807, 2.05) is 18.5 Å². The zero-order valence-corrected chi connectivity index (χ0v) is 11.6. The average Bonchev–Trinajstić information content (AvgIpc) is 2.92. The van der Waals surface area contributed by atoms with Gasteiger partial charge < -0.3 is 15.5 Å². The molecular weight excluding hydrogens is 236 g/mol. The summed E-state index contributed by atoms with van der Waals surface area (Å²) >= 11 is 0. The molecule has 1 atom stereocenters. The Kier molecular flexibility index (Phi) is 4.63. The molecule has 0 aliphatic heterocycles. The SMILES string of the molecule is Cc1ccc(OCC(CCN)c2cc[nH]c2)cc1C. The van der Waals surface area contributed by atoms with Crippen molar-refractivity contribution in [3.05, 3.63) is 53.3 Å². The van der Waals surface area contributed by atoms with Crippen LogP contribution in [0.25, 0.3) is 0 Å². The van der Waals surface area contributed by atoms with E-state index < -0.39 is 0 Å². The number of nitrogens with one attached hydrogen (secondary N) is 1. The van der Waals surface area contributed by atoms with Gasteiger partial charge in [0.25, 0.3) is 0 Å². The lowest BCUT2D eigenvalue weighted by molar-refractivity contribution is 0.282. The van der Waals surface area contributed by atoms with Gasteiger partial charge in [-0.2, -0.15) is 0 Å². The normalized spacial score (nSPS) is 12.4. The number of benzene rings is 1. The third kappa shape index (κ3) is 3.61. The van der Waals surface area contributed by atoms with E-state index in [4.69, 9.17) is 10.5 Å². The molecule has 1 aromatic carbocycles. The van der Waals surface area contributed by atoms with Gasteiger partial charge in [-0.25, -0.2) is 0 Å². The zero-order chi connectivity index (χ0) is 13.7. The summed E-state index contributed by atoms with van der Waals surface area (Å²) in [6.07, 6.45) is 4.89. The summed E-state index contributed by atoms with van der Waals surface area (Å²) in [5.74, 6) is 1.28. The van der Waals surface area contributed by atoms with E-state index in [0.717, 1.165) is 12.2 Å². The number of hydrogen-bond donors (Lipinski definition) is 2. The van der Waals surface area contributed by atoms with Crippen LogP contribution < -0.4 is 10.5 Å².